The molecule has 0 spiro atoms. The van der Waals surface area contributed by atoms with Crippen molar-refractivity contribution in [2.75, 3.05) is 32.6 Å². The van der Waals surface area contributed by atoms with Gasteiger partial charge in [0.1, 0.15) is 5.75 Å². The van der Waals surface area contributed by atoms with E-state index in [0.29, 0.717) is 0 Å². The molecule has 0 aliphatic carbocycles. The van der Waals surface area contributed by atoms with E-state index in [1.165, 1.54) is 5.56 Å². The summed E-state index contributed by atoms with van der Waals surface area (Å²) in [6.07, 6.45) is 0. The van der Waals surface area contributed by atoms with Crippen molar-refractivity contribution in [2.24, 2.45) is 0 Å². The van der Waals surface area contributed by atoms with E-state index in [2.05, 4.69) is 35.3 Å². The molecule has 0 radical (unpaired) electrons. The molecule has 0 saturated carbocycles. The van der Waals surface area contributed by atoms with Gasteiger partial charge in [0, 0.05) is 20.6 Å². The standard InChI is InChI=1S/C12H20N2O/c1-5-13-9-10-6-7-11(14(2)3)12(8-10)15-4/h6-8,13H,5,9H2,1-4H3. The first-order valence-corrected chi connectivity index (χ1v) is 5.24. The number of nitrogens with zero attached hydrogens (tertiary/aromatic N) is 1. The van der Waals surface area contributed by atoms with Gasteiger partial charge >= 0.3 is 0 Å². The monoisotopic (exact) mass is 208 g/mol. The van der Waals surface area contributed by atoms with Crippen molar-refractivity contribution in [3.63, 3.8) is 0 Å². The van der Waals surface area contributed by atoms with Crippen molar-refractivity contribution in [3.8, 4) is 5.75 Å². The van der Waals surface area contributed by atoms with Crippen molar-refractivity contribution in [2.45, 2.75) is 13.5 Å². The third-order valence-corrected chi connectivity index (χ3v) is 2.31. The van der Waals surface area contributed by atoms with E-state index in [-0.39, 0.29) is 0 Å². The normalized spacial score (nSPS) is 10.1. The zero-order valence-corrected chi connectivity index (χ0v) is 10.0. The molecule has 0 amide bonds. The van der Waals surface area contributed by atoms with Crippen LogP contribution in [-0.4, -0.2) is 27.7 Å². The lowest BCUT2D eigenvalue weighted by molar-refractivity contribution is 0.414. The molecule has 1 aromatic carbocycles. The van der Waals surface area contributed by atoms with Crippen LogP contribution in [0.15, 0.2) is 18.2 Å². The number of hydrogen-bond acceptors (Lipinski definition) is 3. The van der Waals surface area contributed by atoms with Crippen LogP contribution in [0.3, 0.4) is 0 Å². The van der Waals surface area contributed by atoms with Gasteiger partial charge in [-0.3, -0.25) is 0 Å². The molecule has 3 heteroatoms. The molecule has 0 aliphatic heterocycles. The van der Waals surface area contributed by atoms with Gasteiger partial charge in [-0.25, -0.2) is 0 Å². The zero-order chi connectivity index (χ0) is 11.3. The smallest absolute Gasteiger partial charge is 0.142 e. The Balaban J connectivity index is 2.87. The Labute approximate surface area is 92.0 Å². The fraction of sp³-hybridized carbons (Fsp3) is 0.500. The van der Waals surface area contributed by atoms with E-state index in [1.54, 1.807) is 7.11 Å². The maximum Gasteiger partial charge on any atom is 0.142 e. The minimum atomic E-state index is 0.889. The van der Waals surface area contributed by atoms with Crippen LogP contribution in [0.2, 0.25) is 0 Å². The van der Waals surface area contributed by atoms with Gasteiger partial charge in [-0.15, -0.1) is 0 Å². The van der Waals surface area contributed by atoms with Crippen LogP contribution in [0.5, 0.6) is 5.75 Å². The molecule has 15 heavy (non-hydrogen) atoms. The summed E-state index contributed by atoms with van der Waals surface area (Å²) in [5.41, 5.74) is 2.36. The third-order valence-electron chi connectivity index (χ3n) is 2.31. The first-order valence-electron chi connectivity index (χ1n) is 5.24. The summed E-state index contributed by atoms with van der Waals surface area (Å²) in [7, 11) is 5.74. The largest absolute Gasteiger partial charge is 0.495 e. The quantitative estimate of drug-likeness (QED) is 0.799. The summed E-state index contributed by atoms with van der Waals surface area (Å²) in [6.45, 7) is 3.98. The maximum atomic E-state index is 5.36. The average molecular weight is 208 g/mol. The molecule has 0 bridgehead atoms. The Morgan fingerprint density at radius 1 is 1.33 bits per heavy atom. The Morgan fingerprint density at radius 2 is 2.07 bits per heavy atom. The Morgan fingerprint density at radius 3 is 2.60 bits per heavy atom. The highest BCUT2D eigenvalue weighted by atomic mass is 16.5. The molecule has 84 valence electrons. The second-order valence-corrected chi connectivity index (χ2v) is 3.68. The van der Waals surface area contributed by atoms with Crippen molar-refractivity contribution < 1.29 is 4.74 Å². The summed E-state index contributed by atoms with van der Waals surface area (Å²) in [5.74, 6) is 0.926. The SMILES string of the molecule is CCNCc1ccc(N(C)C)c(OC)c1. The maximum absolute atomic E-state index is 5.36. The van der Waals surface area contributed by atoms with Crippen LogP contribution in [0.4, 0.5) is 5.69 Å². The lowest BCUT2D eigenvalue weighted by Gasteiger charge is -2.17. The van der Waals surface area contributed by atoms with Gasteiger partial charge in [0.25, 0.3) is 0 Å². The lowest BCUT2D eigenvalue weighted by Crippen LogP contribution is -2.13. The van der Waals surface area contributed by atoms with Gasteiger partial charge in [0.05, 0.1) is 12.8 Å². The number of ether oxygens (including phenoxy) is 1. The predicted molar refractivity (Wildman–Crippen MR) is 64.7 cm³/mol. The van der Waals surface area contributed by atoms with Crippen LogP contribution in [-0.2, 0) is 6.54 Å². The van der Waals surface area contributed by atoms with Crippen LogP contribution in [0.1, 0.15) is 12.5 Å². The summed E-state index contributed by atoms with van der Waals surface area (Å²) < 4.78 is 5.36. The topological polar surface area (TPSA) is 24.5 Å². The first kappa shape index (κ1) is 11.9. The van der Waals surface area contributed by atoms with Gasteiger partial charge in [-0.1, -0.05) is 13.0 Å². The highest BCUT2D eigenvalue weighted by molar-refractivity contribution is 5.58. The molecular formula is C12H20N2O. The number of anilines is 1. The summed E-state index contributed by atoms with van der Waals surface area (Å²) in [5, 5.41) is 3.30. The predicted octanol–water partition coefficient (Wildman–Crippen LogP) is 1.87. The Hall–Kier alpha value is -1.22. The molecule has 0 fully saturated rings. The minimum absolute atomic E-state index is 0.889. The second-order valence-electron chi connectivity index (χ2n) is 3.68. The first-order chi connectivity index (χ1) is 7.19. The molecule has 3 nitrogen and oxygen atoms in total. The van der Waals surface area contributed by atoms with Crippen LogP contribution in [0, 0.1) is 0 Å². The number of nitrogens with one attached hydrogen (secondary N) is 1. The van der Waals surface area contributed by atoms with Crippen LogP contribution in [0.25, 0.3) is 0 Å². The number of hydrogen-bond donors (Lipinski definition) is 1. The van der Waals surface area contributed by atoms with E-state index in [0.717, 1.165) is 24.5 Å². The fourth-order valence-corrected chi connectivity index (χ4v) is 1.47. The lowest BCUT2D eigenvalue weighted by atomic mass is 10.2. The summed E-state index contributed by atoms with van der Waals surface area (Å²) >= 11 is 0. The fourth-order valence-electron chi connectivity index (χ4n) is 1.47. The molecule has 1 N–H and O–H groups in total. The molecule has 0 heterocycles. The zero-order valence-electron chi connectivity index (χ0n) is 10.0. The molecular weight excluding hydrogens is 188 g/mol. The molecule has 0 saturated heterocycles. The van der Waals surface area contributed by atoms with Gasteiger partial charge in [-0.05, 0) is 24.2 Å². The molecule has 0 aromatic heterocycles. The van der Waals surface area contributed by atoms with Gasteiger partial charge < -0.3 is 15.0 Å². The van der Waals surface area contributed by atoms with E-state index in [4.69, 9.17) is 4.74 Å². The van der Waals surface area contributed by atoms with Gasteiger partial charge in [0.15, 0.2) is 0 Å². The highest BCUT2D eigenvalue weighted by Gasteiger charge is 2.05. The van der Waals surface area contributed by atoms with E-state index in [1.807, 2.05) is 14.1 Å². The van der Waals surface area contributed by atoms with E-state index < -0.39 is 0 Å². The molecule has 0 aliphatic rings. The van der Waals surface area contributed by atoms with Crippen molar-refractivity contribution >= 4 is 5.69 Å². The Bertz CT molecular complexity index is 310. The van der Waals surface area contributed by atoms with Crippen molar-refractivity contribution in [1.29, 1.82) is 0 Å². The summed E-state index contributed by atoms with van der Waals surface area (Å²) in [4.78, 5) is 2.05. The molecule has 0 atom stereocenters. The minimum Gasteiger partial charge on any atom is -0.495 e. The van der Waals surface area contributed by atoms with E-state index >= 15 is 0 Å². The molecule has 0 unspecified atom stereocenters. The molecule has 1 rings (SSSR count). The number of methoxy groups -OCH3 is 1. The van der Waals surface area contributed by atoms with Gasteiger partial charge in [0.2, 0.25) is 0 Å². The summed E-state index contributed by atoms with van der Waals surface area (Å²) in [6, 6.07) is 6.30. The van der Waals surface area contributed by atoms with Crippen LogP contribution >= 0.6 is 0 Å². The third kappa shape index (κ3) is 3.13. The average Bonchev–Trinajstić information content (AvgIpc) is 2.25. The second kappa shape index (κ2) is 5.61. The molecule has 1 aromatic rings. The van der Waals surface area contributed by atoms with Crippen LogP contribution < -0.4 is 15.0 Å². The van der Waals surface area contributed by atoms with Gasteiger partial charge in [-0.2, -0.15) is 0 Å². The Kier molecular flexibility index (Phi) is 4.43. The van der Waals surface area contributed by atoms with Crippen molar-refractivity contribution in [1.82, 2.24) is 5.32 Å². The number of benzene rings is 1. The number of rotatable bonds is 5. The highest BCUT2D eigenvalue weighted by Crippen LogP contribution is 2.27. The van der Waals surface area contributed by atoms with E-state index in [9.17, 15) is 0 Å². The van der Waals surface area contributed by atoms with Crippen molar-refractivity contribution in [3.05, 3.63) is 23.8 Å².